The standard InChI is InChI=1S/C11H10F2N2S/c12-11(13)3-1-8(2-4-11)9(7-14)10-15-5-6-16-10/h5-6H,1-4H2. The van der Waals surface area contributed by atoms with E-state index in [4.69, 9.17) is 5.26 Å². The number of nitrogens with zero attached hydrogens (tertiary/aromatic N) is 2. The lowest BCUT2D eigenvalue weighted by Crippen LogP contribution is -2.21. The number of halogens is 2. The number of allylic oxidation sites excluding steroid dienone is 2. The Labute approximate surface area is 96.2 Å². The molecule has 1 heterocycles. The first-order valence-corrected chi connectivity index (χ1v) is 5.90. The SMILES string of the molecule is N#CC(=C1CCC(F)(F)CC1)c1nccs1. The Morgan fingerprint density at radius 3 is 2.62 bits per heavy atom. The molecule has 1 aromatic heterocycles. The zero-order valence-electron chi connectivity index (χ0n) is 8.54. The minimum Gasteiger partial charge on any atom is -0.244 e. The van der Waals surface area contributed by atoms with Crippen molar-refractivity contribution in [3.8, 4) is 6.07 Å². The van der Waals surface area contributed by atoms with Gasteiger partial charge >= 0.3 is 0 Å². The summed E-state index contributed by atoms with van der Waals surface area (Å²) in [5.41, 5.74) is 1.31. The predicted molar refractivity (Wildman–Crippen MR) is 58.1 cm³/mol. The van der Waals surface area contributed by atoms with Gasteiger partial charge in [0.05, 0.1) is 5.57 Å². The molecule has 0 atom stereocenters. The maximum atomic E-state index is 13.0. The molecule has 0 unspecified atom stereocenters. The summed E-state index contributed by atoms with van der Waals surface area (Å²) in [6, 6.07) is 2.08. The lowest BCUT2D eigenvalue weighted by molar-refractivity contribution is -0.0244. The zero-order valence-corrected chi connectivity index (χ0v) is 9.36. The smallest absolute Gasteiger partial charge is 0.244 e. The van der Waals surface area contributed by atoms with Crippen LogP contribution in [0.2, 0.25) is 0 Å². The quantitative estimate of drug-likeness (QED) is 0.703. The minimum atomic E-state index is -2.56. The highest BCUT2D eigenvalue weighted by Gasteiger charge is 2.33. The maximum Gasteiger partial charge on any atom is 0.248 e. The van der Waals surface area contributed by atoms with Crippen LogP contribution < -0.4 is 0 Å². The molecule has 0 bridgehead atoms. The van der Waals surface area contributed by atoms with Crippen molar-refractivity contribution in [3.05, 3.63) is 22.2 Å². The Balaban J connectivity index is 2.25. The summed E-state index contributed by atoms with van der Waals surface area (Å²) in [4.78, 5) is 4.05. The Morgan fingerprint density at radius 2 is 2.12 bits per heavy atom. The van der Waals surface area contributed by atoms with Gasteiger partial charge in [0, 0.05) is 24.4 Å². The molecule has 1 aromatic rings. The molecule has 5 heteroatoms. The van der Waals surface area contributed by atoms with Crippen molar-refractivity contribution in [2.24, 2.45) is 0 Å². The highest BCUT2D eigenvalue weighted by Crippen LogP contribution is 2.38. The van der Waals surface area contributed by atoms with Crippen LogP contribution in [-0.2, 0) is 0 Å². The van der Waals surface area contributed by atoms with E-state index in [1.807, 2.05) is 0 Å². The van der Waals surface area contributed by atoms with Gasteiger partial charge in [0.1, 0.15) is 11.1 Å². The molecule has 0 saturated heterocycles. The molecule has 1 saturated carbocycles. The number of thiazole rings is 1. The normalized spacial score (nSPS) is 19.2. The summed E-state index contributed by atoms with van der Waals surface area (Å²) in [6.07, 6.45) is 1.91. The van der Waals surface area contributed by atoms with E-state index in [2.05, 4.69) is 11.1 Å². The Kier molecular flexibility index (Phi) is 3.01. The van der Waals surface area contributed by atoms with Crippen molar-refractivity contribution in [2.45, 2.75) is 31.6 Å². The highest BCUT2D eigenvalue weighted by molar-refractivity contribution is 7.10. The van der Waals surface area contributed by atoms with Gasteiger partial charge in [-0.25, -0.2) is 13.8 Å². The summed E-state index contributed by atoms with van der Waals surface area (Å²) >= 11 is 1.37. The van der Waals surface area contributed by atoms with Crippen LogP contribution in [0.3, 0.4) is 0 Å². The molecule has 16 heavy (non-hydrogen) atoms. The summed E-state index contributed by atoms with van der Waals surface area (Å²) in [5.74, 6) is -2.56. The molecule has 0 aromatic carbocycles. The van der Waals surface area contributed by atoms with Crippen LogP contribution in [0.15, 0.2) is 17.2 Å². The van der Waals surface area contributed by atoms with Crippen LogP contribution in [0.1, 0.15) is 30.7 Å². The molecular weight excluding hydrogens is 230 g/mol. The number of nitriles is 1. The molecule has 2 rings (SSSR count). The molecule has 0 spiro atoms. The van der Waals surface area contributed by atoms with Gasteiger partial charge in [0.25, 0.3) is 0 Å². The lowest BCUT2D eigenvalue weighted by Gasteiger charge is -2.23. The number of hydrogen-bond donors (Lipinski definition) is 0. The van der Waals surface area contributed by atoms with Crippen molar-refractivity contribution in [1.29, 1.82) is 5.26 Å². The van der Waals surface area contributed by atoms with E-state index in [9.17, 15) is 8.78 Å². The van der Waals surface area contributed by atoms with E-state index in [1.54, 1.807) is 11.6 Å². The Bertz CT molecular complexity index is 431. The molecule has 84 valence electrons. The molecule has 2 nitrogen and oxygen atoms in total. The van der Waals surface area contributed by atoms with E-state index in [1.165, 1.54) is 11.3 Å². The summed E-state index contributed by atoms with van der Waals surface area (Å²) in [5, 5.41) is 11.5. The average molecular weight is 240 g/mol. The molecule has 1 aliphatic rings. The predicted octanol–water partition coefficient (Wildman–Crippen LogP) is 3.63. The van der Waals surface area contributed by atoms with Crippen LogP contribution in [0.4, 0.5) is 8.78 Å². The fraction of sp³-hybridized carbons (Fsp3) is 0.455. The van der Waals surface area contributed by atoms with Gasteiger partial charge in [-0.3, -0.25) is 0 Å². The molecular formula is C11H10F2N2S. The van der Waals surface area contributed by atoms with Crippen LogP contribution in [-0.4, -0.2) is 10.9 Å². The van der Waals surface area contributed by atoms with Gasteiger partial charge in [-0.05, 0) is 18.4 Å². The van der Waals surface area contributed by atoms with E-state index in [0.29, 0.717) is 23.4 Å². The first kappa shape index (κ1) is 11.2. The van der Waals surface area contributed by atoms with Crippen LogP contribution in [0, 0.1) is 11.3 Å². The van der Waals surface area contributed by atoms with Crippen molar-refractivity contribution in [2.75, 3.05) is 0 Å². The maximum absolute atomic E-state index is 13.0. The van der Waals surface area contributed by atoms with E-state index < -0.39 is 5.92 Å². The zero-order chi connectivity index (χ0) is 11.6. The number of hydrogen-bond acceptors (Lipinski definition) is 3. The second-order valence-corrected chi connectivity index (χ2v) is 4.68. The van der Waals surface area contributed by atoms with Gasteiger partial charge in [0.15, 0.2) is 0 Å². The lowest BCUT2D eigenvalue weighted by atomic mass is 9.89. The average Bonchev–Trinajstić information content (AvgIpc) is 2.75. The molecule has 0 radical (unpaired) electrons. The van der Waals surface area contributed by atoms with Crippen molar-refractivity contribution in [1.82, 2.24) is 4.98 Å². The Hall–Kier alpha value is -1.28. The third-order valence-electron chi connectivity index (χ3n) is 2.70. The summed E-state index contributed by atoms with van der Waals surface area (Å²) in [7, 11) is 0. The van der Waals surface area contributed by atoms with Crippen molar-refractivity contribution >= 4 is 16.9 Å². The highest BCUT2D eigenvalue weighted by atomic mass is 32.1. The first-order chi connectivity index (χ1) is 7.62. The minimum absolute atomic E-state index is 0.154. The van der Waals surface area contributed by atoms with Crippen molar-refractivity contribution < 1.29 is 8.78 Å². The summed E-state index contributed by atoms with van der Waals surface area (Å²) in [6.45, 7) is 0. The number of rotatable bonds is 1. The number of aromatic nitrogens is 1. The molecule has 0 aliphatic heterocycles. The van der Waals surface area contributed by atoms with E-state index in [-0.39, 0.29) is 12.8 Å². The number of alkyl halides is 2. The second kappa shape index (κ2) is 4.30. The van der Waals surface area contributed by atoms with Crippen LogP contribution >= 0.6 is 11.3 Å². The molecule has 1 fully saturated rings. The molecule has 0 N–H and O–H groups in total. The third kappa shape index (κ3) is 2.27. The topological polar surface area (TPSA) is 36.7 Å². The van der Waals surface area contributed by atoms with Gasteiger partial charge in [-0.1, -0.05) is 0 Å². The summed E-state index contributed by atoms with van der Waals surface area (Å²) < 4.78 is 25.9. The second-order valence-electron chi connectivity index (χ2n) is 3.78. The van der Waals surface area contributed by atoms with Gasteiger partial charge in [0.2, 0.25) is 5.92 Å². The first-order valence-electron chi connectivity index (χ1n) is 5.02. The fourth-order valence-electron chi connectivity index (χ4n) is 1.79. The van der Waals surface area contributed by atoms with Gasteiger partial charge in [-0.2, -0.15) is 5.26 Å². The monoisotopic (exact) mass is 240 g/mol. The van der Waals surface area contributed by atoms with Crippen molar-refractivity contribution in [3.63, 3.8) is 0 Å². The van der Waals surface area contributed by atoms with E-state index in [0.717, 1.165) is 5.57 Å². The molecule has 0 amide bonds. The molecule has 1 aliphatic carbocycles. The Morgan fingerprint density at radius 1 is 1.44 bits per heavy atom. The van der Waals surface area contributed by atoms with Gasteiger partial charge in [-0.15, -0.1) is 11.3 Å². The van der Waals surface area contributed by atoms with Crippen LogP contribution in [0.5, 0.6) is 0 Å². The van der Waals surface area contributed by atoms with E-state index >= 15 is 0 Å². The van der Waals surface area contributed by atoms with Crippen LogP contribution in [0.25, 0.3) is 5.57 Å². The fourth-order valence-corrected chi connectivity index (χ4v) is 2.47. The third-order valence-corrected chi connectivity index (χ3v) is 3.49. The van der Waals surface area contributed by atoms with Gasteiger partial charge < -0.3 is 0 Å². The largest absolute Gasteiger partial charge is 0.248 e.